The predicted molar refractivity (Wildman–Crippen MR) is 85.6 cm³/mol. The molecule has 0 aliphatic rings. The molecule has 21 heavy (non-hydrogen) atoms. The Labute approximate surface area is 128 Å². The molecule has 0 aliphatic heterocycles. The van der Waals surface area contributed by atoms with Crippen molar-refractivity contribution < 1.29 is 14.3 Å². The number of anilines is 2. The summed E-state index contributed by atoms with van der Waals surface area (Å²) < 4.78 is 4.54. The number of nitrogens with one attached hydrogen (secondary N) is 3. The summed E-state index contributed by atoms with van der Waals surface area (Å²) in [5, 5.41) is 8.00. The van der Waals surface area contributed by atoms with Gasteiger partial charge in [-0.2, -0.15) is 0 Å². The van der Waals surface area contributed by atoms with Crippen LogP contribution in [0.2, 0.25) is 0 Å². The molecule has 0 radical (unpaired) electrons. The smallest absolute Gasteiger partial charge is 0.411 e. The quantitative estimate of drug-likeness (QED) is 0.729. The highest BCUT2D eigenvalue weighted by molar-refractivity contribution is 7.80. The first-order valence-corrected chi connectivity index (χ1v) is 6.49. The maximum absolute atomic E-state index is 11.8. The predicted octanol–water partition coefficient (Wildman–Crippen LogP) is 2.14. The van der Waals surface area contributed by atoms with Crippen LogP contribution in [0.15, 0.2) is 18.2 Å². The number of rotatable bonds is 2. The maximum Gasteiger partial charge on any atom is 0.411 e. The highest BCUT2D eigenvalue weighted by Crippen LogP contribution is 2.20. The maximum atomic E-state index is 11.8. The second kappa shape index (κ2) is 7.44. The van der Waals surface area contributed by atoms with Crippen molar-refractivity contribution >= 4 is 40.8 Å². The first kappa shape index (κ1) is 16.7. The van der Waals surface area contributed by atoms with Gasteiger partial charge in [-0.15, -0.1) is 0 Å². The summed E-state index contributed by atoms with van der Waals surface area (Å²) in [6.45, 7) is 1.83. The second-order valence-electron chi connectivity index (χ2n) is 4.42. The molecule has 1 rings (SSSR count). The molecule has 0 heterocycles. The van der Waals surface area contributed by atoms with Crippen molar-refractivity contribution in [2.45, 2.75) is 6.92 Å². The van der Waals surface area contributed by atoms with Crippen LogP contribution in [0.1, 0.15) is 5.56 Å². The highest BCUT2D eigenvalue weighted by atomic mass is 32.1. The van der Waals surface area contributed by atoms with Gasteiger partial charge in [0.1, 0.15) is 0 Å². The Hall–Kier alpha value is -2.35. The molecule has 3 amide bonds. The van der Waals surface area contributed by atoms with Gasteiger partial charge in [-0.3, -0.25) is 10.6 Å². The first-order valence-electron chi connectivity index (χ1n) is 6.08. The summed E-state index contributed by atoms with van der Waals surface area (Å²) in [5.41, 5.74) is 1.91. The Balaban J connectivity index is 2.76. The van der Waals surface area contributed by atoms with Crippen LogP contribution < -0.4 is 16.0 Å². The molecule has 0 saturated heterocycles. The number of urea groups is 1. The molecule has 0 fully saturated rings. The molecule has 0 aromatic heterocycles. The second-order valence-corrected chi connectivity index (χ2v) is 4.81. The molecule has 1 aromatic carbocycles. The van der Waals surface area contributed by atoms with Crippen molar-refractivity contribution in [3.8, 4) is 0 Å². The molecule has 3 N–H and O–H groups in total. The van der Waals surface area contributed by atoms with Crippen LogP contribution in [0.5, 0.6) is 0 Å². The molecule has 0 bridgehead atoms. The number of carbonyl (C=O) groups excluding carboxylic acids is 2. The monoisotopic (exact) mass is 310 g/mol. The van der Waals surface area contributed by atoms with Gasteiger partial charge in [-0.25, -0.2) is 9.59 Å². The average Bonchev–Trinajstić information content (AvgIpc) is 2.42. The van der Waals surface area contributed by atoms with Crippen LogP contribution >= 0.6 is 12.2 Å². The number of hydrogen-bond donors (Lipinski definition) is 3. The first-order chi connectivity index (χ1) is 9.83. The minimum Gasteiger partial charge on any atom is -0.453 e. The molecular weight excluding hydrogens is 292 g/mol. The van der Waals surface area contributed by atoms with Gasteiger partial charge < -0.3 is 15.0 Å². The fourth-order valence-corrected chi connectivity index (χ4v) is 1.46. The number of amides is 3. The van der Waals surface area contributed by atoms with Gasteiger partial charge in [0.25, 0.3) is 0 Å². The fourth-order valence-electron chi connectivity index (χ4n) is 1.37. The van der Waals surface area contributed by atoms with Crippen molar-refractivity contribution in [3.63, 3.8) is 0 Å². The molecule has 0 saturated carbocycles. The van der Waals surface area contributed by atoms with Gasteiger partial charge in [0.15, 0.2) is 5.11 Å². The number of hydrogen-bond acceptors (Lipinski definition) is 4. The van der Waals surface area contributed by atoms with Crippen molar-refractivity contribution in [2.75, 3.05) is 31.8 Å². The van der Waals surface area contributed by atoms with Crippen LogP contribution in [0.25, 0.3) is 0 Å². The fraction of sp³-hybridized carbons (Fsp3) is 0.308. The molecule has 8 heteroatoms. The molecular formula is C13H18N4O3S. The van der Waals surface area contributed by atoms with Crippen LogP contribution in [0.3, 0.4) is 0 Å². The molecule has 7 nitrogen and oxygen atoms in total. The van der Waals surface area contributed by atoms with E-state index in [2.05, 4.69) is 20.7 Å². The summed E-state index contributed by atoms with van der Waals surface area (Å²) in [4.78, 5) is 24.6. The lowest BCUT2D eigenvalue weighted by Gasteiger charge is -2.15. The van der Waals surface area contributed by atoms with Crippen LogP contribution in [-0.4, -0.2) is 43.3 Å². The summed E-state index contributed by atoms with van der Waals surface area (Å²) >= 11 is 4.97. The Bertz CT molecular complexity index is 560. The summed E-state index contributed by atoms with van der Waals surface area (Å²) in [7, 11) is 4.74. The molecule has 0 aliphatic carbocycles. The molecule has 0 unspecified atom stereocenters. The summed E-state index contributed by atoms with van der Waals surface area (Å²) in [5.74, 6) is 0. The lowest BCUT2D eigenvalue weighted by Crippen LogP contribution is -2.40. The third kappa shape index (κ3) is 5.27. The van der Waals surface area contributed by atoms with Gasteiger partial charge in [-0.05, 0) is 36.8 Å². The van der Waals surface area contributed by atoms with Crippen molar-refractivity contribution in [1.82, 2.24) is 10.2 Å². The minimum atomic E-state index is -0.575. The third-order valence-electron chi connectivity index (χ3n) is 2.54. The lowest BCUT2D eigenvalue weighted by molar-refractivity contribution is 0.187. The number of methoxy groups -OCH3 is 1. The molecule has 114 valence electrons. The zero-order valence-electron chi connectivity index (χ0n) is 12.3. The zero-order valence-corrected chi connectivity index (χ0v) is 13.1. The summed E-state index contributed by atoms with van der Waals surface area (Å²) in [6, 6.07) is 4.66. The Morgan fingerprint density at radius 1 is 1.24 bits per heavy atom. The Kier molecular flexibility index (Phi) is 5.92. The van der Waals surface area contributed by atoms with Gasteiger partial charge in [0, 0.05) is 25.5 Å². The lowest BCUT2D eigenvalue weighted by atomic mass is 10.2. The number of carbonyl (C=O) groups is 2. The van der Waals surface area contributed by atoms with Crippen LogP contribution in [0.4, 0.5) is 21.0 Å². The number of benzene rings is 1. The Morgan fingerprint density at radius 2 is 1.90 bits per heavy atom. The van der Waals surface area contributed by atoms with Gasteiger partial charge in [0.2, 0.25) is 0 Å². The van der Waals surface area contributed by atoms with E-state index in [9.17, 15) is 9.59 Å². The van der Waals surface area contributed by atoms with E-state index in [0.717, 1.165) is 5.56 Å². The van der Waals surface area contributed by atoms with E-state index in [0.29, 0.717) is 16.5 Å². The molecule has 0 spiro atoms. The number of ether oxygens (including phenoxy) is 1. The summed E-state index contributed by atoms with van der Waals surface area (Å²) in [6.07, 6.45) is -0.575. The minimum absolute atomic E-state index is 0.299. The largest absolute Gasteiger partial charge is 0.453 e. The third-order valence-corrected chi connectivity index (χ3v) is 3.01. The number of aryl methyl sites for hydroxylation is 1. The van der Waals surface area contributed by atoms with Crippen molar-refractivity contribution in [2.24, 2.45) is 0 Å². The van der Waals surface area contributed by atoms with E-state index in [-0.39, 0.29) is 0 Å². The van der Waals surface area contributed by atoms with E-state index < -0.39 is 12.1 Å². The van der Waals surface area contributed by atoms with Crippen molar-refractivity contribution in [1.29, 1.82) is 0 Å². The highest BCUT2D eigenvalue weighted by Gasteiger charge is 2.09. The number of thiocarbonyl (C=S) groups is 1. The Morgan fingerprint density at radius 3 is 2.48 bits per heavy atom. The van der Waals surface area contributed by atoms with E-state index in [1.54, 1.807) is 37.2 Å². The van der Waals surface area contributed by atoms with Crippen LogP contribution in [0, 0.1) is 6.92 Å². The standard InChI is InChI=1S/C13H18N4O3S/c1-8-5-6-9(7-10(8)15-13(19)20-4)14-11(18)16-12(21)17(2)3/h5-7H,1-4H3,(H,15,19)(H2,14,16,18,21). The van der Waals surface area contributed by atoms with Gasteiger partial charge >= 0.3 is 12.1 Å². The average molecular weight is 310 g/mol. The molecule has 0 atom stereocenters. The normalized spacial score (nSPS) is 9.52. The van der Waals surface area contributed by atoms with E-state index >= 15 is 0 Å². The van der Waals surface area contributed by atoms with Crippen molar-refractivity contribution in [3.05, 3.63) is 23.8 Å². The van der Waals surface area contributed by atoms with E-state index in [1.165, 1.54) is 7.11 Å². The van der Waals surface area contributed by atoms with Crippen LogP contribution in [-0.2, 0) is 4.74 Å². The molecule has 1 aromatic rings. The SMILES string of the molecule is COC(=O)Nc1cc(NC(=O)NC(=S)N(C)C)ccc1C. The van der Waals surface area contributed by atoms with Gasteiger partial charge in [0.05, 0.1) is 7.11 Å². The van der Waals surface area contributed by atoms with E-state index in [1.807, 2.05) is 6.92 Å². The van der Waals surface area contributed by atoms with Gasteiger partial charge in [-0.1, -0.05) is 6.07 Å². The van der Waals surface area contributed by atoms with E-state index in [4.69, 9.17) is 12.2 Å². The topological polar surface area (TPSA) is 82.7 Å². The number of nitrogens with zero attached hydrogens (tertiary/aromatic N) is 1. The zero-order chi connectivity index (χ0) is 16.0.